The molecule has 6 heteroatoms. The van der Waals surface area contributed by atoms with Gasteiger partial charge in [0, 0.05) is 20.0 Å². The van der Waals surface area contributed by atoms with Gasteiger partial charge in [-0.15, -0.1) is 0 Å². The molecule has 22 heavy (non-hydrogen) atoms. The molecule has 0 aliphatic heterocycles. The Kier molecular flexibility index (Phi) is 5.88. The Balaban J connectivity index is 2.19. The maximum atomic E-state index is 12.5. The van der Waals surface area contributed by atoms with Crippen LogP contribution in [0.4, 0.5) is 5.69 Å². The number of rotatable bonds is 5. The number of benzene rings is 2. The Labute approximate surface area is 140 Å². The van der Waals surface area contributed by atoms with E-state index in [1.54, 1.807) is 36.4 Å². The highest BCUT2D eigenvalue weighted by Gasteiger charge is 2.12. The minimum absolute atomic E-state index is 0.242. The smallest absolute Gasteiger partial charge is 0.241 e. The largest absolute Gasteiger partial charge is 0.325 e. The number of anilines is 1. The van der Waals surface area contributed by atoms with Gasteiger partial charge in [-0.2, -0.15) is 0 Å². The van der Waals surface area contributed by atoms with Crippen LogP contribution in [0.15, 0.2) is 62.8 Å². The summed E-state index contributed by atoms with van der Waals surface area (Å²) in [6, 6.07) is 13.8. The topological polar surface area (TPSA) is 72.2 Å². The molecule has 0 fully saturated rings. The first-order chi connectivity index (χ1) is 10.5. The maximum absolute atomic E-state index is 12.5. The number of hydrogen-bond donors (Lipinski definition) is 2. The molecular formula is C16H17BrN2O2S. The summed E-state index contributed by atoms with van der Waals surface area (Å²) in [5.41, 5.74) is 6.29. The minimum atomic E-state index is -1.30. The van der Waals surface area contributed by atoms with Crippen LogP contribution < -0.4 is 11.1 Å². The van der Waals surface area contributed by atoms with E-state index >= 15 is 0 Å². The molecule has 2 rings (SSSR count). The van der Waals surface area contributed by atoms with Crippen molar-refractivity contribution in [3.8, 4) is 0 Å². The van der Waals surface area contributed by atoms with E-state index in [-0.39, 0.29) is 5.91 Å². The van der Waals surface area contributed by atoms with Crippen LogP contribution in [0.25, 0.3) is 0 Å². The minimum Gasteiger partial charge on any atom is -0.325 e. The predicted molar refractivity (Wildman–Crippen MR) is 92.2 cm³/mol. The fourth-order valence-electron chi connectivity index (χ4n) is 1.80. The summed E-state index contributed by atoms with van der Waals surface area (Å²) in [6.07, 6.45) is 0.566. The van der Waals surface area contributed by atoms with Gasteiger partial charge in [-0.3, -0.25) is 4.79 Å². The highest BCUT2D eigenvalue weighted by atomic mass is 79.9. The van der Waals surface area contributed by atoms with Gasteiger partial charge in [0.15, 0.2) is 0 Å². The van der Waals surface area contributed by atoms with Crippen molar-refractivity contribution < 1.29 is 9.00 Å². The number of hydrogen-bond acceptors (Lipinski definition) is 3. The molecule has 116 valence electrons. The molecule has 3 N–H and O–H groups in total. The maximum Gasteiger partial charge on any atom is 0.241 e. The van der Waals surface area contributed by atoms with Crippen molar-refractivity contribution in [3.63, 3.8) is 0 Å². The van der Waals surface area contributed by atoms with Crippen molar-refractivity contribution in [2.75, 3.05) is 5.32 Å². The molecule has 0 aromatic heterocycles. The summed E-state index contributed by atoms with van der Waals surface area (Å²) < 4.78 is 13.5. The number of amides is 1. The summed E-state index contributed by atoms with van der Waals surface area (Å²) in [4.78, 5) is 13.2. The molecule has 0 heterocycles. The average molecular weight is 381 g/mol. The lowest BCUT2D eigenvalue weighted by Gasteiger charge is -2.11. The summed E-state index contributed by atoms with van der Waals surface area (Å²) in [7, 11) is -1.30. The lowest BCUT2D eigenvalue weighted by molar-refractivity contribution is -0.117. The van der Waals surface area contributed by atoms with Crippen molar-refractivity contribution in [1.29, 1.82) is 0 Å². The molecule has 1 amide bonds. The van der Waals surface area contributed by atoms with Gasteiger partial charge in [0.05, 0.1) is 16.8 Å². The molecule has 0 aliphatic carbocycles. The van der Waals surface area contributed by atoms with Crippen LogP contribution in [0.5, 0.6) is 0 Å². The summed E-state index contributed by atoms with van der Waals surface area (Å²) >= 11 is 3.35. The van der Waals surface area contributed by atoms with Crippen molar-refractivity contribution in [2.45, 2.75) is 29.2 Å². The molecule has 0 saturated carbocycles. The second-order valence-corrected chi connectivity index (χ2v) is 7.15. The van der Waals surface area contributed by atoms with Gasteiger partial charge >= 0.3 is 0 Å². The first kappa shape index (κ1) is 16.9. The summed E-state index contributed by atoms with van der Waals surface area (Å²) in [6.45, 7) is 1.85. The van der Waals surface area contributed by atoms with Gasteiger partial charge in [0.2, 0.25) is 5.91 Å². The number of halogens is 1. The van der Waals surface area contributed by atoms with Gasteiger partial charge < -0.3 is 11.1 Å². The molecule has 0 saturated heterocycles. The van der Waals surface area contributed by atoms with Crippen LogP contribution in [0.3, 0.4) is 0 Å². The third kappa shape index (κ3) is 4.25. The second-order valence-electron chi connectivity index (χ2n) is 4.75. The van der Waals surface area contributed by atoms with E-state index in [0.717, 1.165) is 4.47 Å². The molecular weight excluding hydrogens is 364 g/mol. The molecule has 2 atom stereocenters. The predicted octanol–water partition coefficient (Wildman–Crippen LogP) is 3.29. The van der Waals surface area contributed by atoms with E-state index in [2.05, 4.69) is 21.2 Å². The molecule has 4 nitrogen and oxygen atoms in total. The third-order valence-corrected chi connectivity index (χ3v) is 5.03. The Bertz CT molecular complexity index is 689. The fraction of sp³-hybridized carbons (Fsp3) is 0.188. The van der Waals surface area contributed by atoms with E-state index in [0.29, 0.717) is 21.9 Å². The fourth-order valence-corrected chi connectivity index (χ4v) is 3.16. The quantitative estimate of drug-likeness (QED) is 0.835. The van der Waals surface area contributed by atoms with Gasteiger partial charge in [0.1, 0.15) is 0 Å². The van der Waals surface area contributed by atoms with Crippen molar-refractivity contribution in [3.05, 3.63) is 53.0 Å². The molecule has 2 unspecified atom stereocenters. The first-order valence-corrected chi connectivity index (χ1v) is 8.79. The van der Waals surface area contributed by atoms with Crippen molar-refractivity contribution >= 4 is 38.3 Å². The lowest BCUT2D eigenvalue weighted by atomic mass is 10.2. The molecule has 0 bridgehead atoms. The lowest BCUT2D eigenvalue weighted by Crippen LogP contribution is -2.34. The van der Waals surface area contributed by atoms with Crippen LogP contribution in [0, 0.1) is 0 Å². The number of nitrogens with one attached hydrogen (secondary N) is 1. The molecule has 0 spiro atoms. The zero-order valence-corrected chi connectivity index (χ0v) is 14.5. The van der Waals surface area contributed by atoms with Gasteiger partial charge in [-0.25, -0.2) is 4.21 Å². The zero-order chi connectivity index (χ0) is 16.1. The molecule has 0 radical (unpaired) electrons. The number of carbonyl (C=O) groups is 1. The van der Waals surface area contributed by atoms with Crippen LogP contribution in [-0.2, 0) is 15.6 Å². The highest BCUT2D eigenvalue weighted by Crippen LogP contribution is 2.21. The van der Waals surface area contributed by atoms with Gasteiger partial charge in [-0.05, 0) is 48.9 Å². The van der Waals surface area contributed by atoms with E-state index < -0.39 is 16.8 Å². The van der Waals surface area contributed by atoms with E-state index in [1.165, 1.54) is 0 Å². The Morgan fingerprint density at radius 1 is 1.23 bits per heavy atom. The van der Waals surface area contributed by atoms with Crippen LogP contribution in [-0.4, -0.2) is 16.2 Å². The van der Waals surface area contributed by atoms with Crippen LogP contribution in [0.1, 0.15) is 13.3 Å². The molecule has 2 aromatic carbocycles. The number of nitrogens with two attached hydrogens (primary N) is 1. The van der Waals surface area contributed by atoms with Crippen molar-refractivity contribution in [1.82, 2.24) is 0 Å². The van der Waals surface area contributed by atoms with Gasteiger partial charge in [0.25, 0.3) is 0 Å². The second kappa shape index (κ2) is 7.67. The highest BCUT2D eigenvalue weighted by molar-refractivity contribution is 9.10. The monoisotopic (exact) mass is 380 g/mol. The Morgan fingerprint density at radius 2 is 1.91 bits per heavy atom. The number of carbonyl (C=O) groups excluding carboxylic acids is 1. The SMILES string of the molecule is CCC(N)C(=O)Nc1cccc(S(=O)c2ccc(Br)cc2)c1. The van der Waals surface area contributed by atoms with Crippen molar-refractivity contribution in [2.24, 2.45) is 5.73 Å². The standard InChI is InChI=1S/C16H17BrN2O2S/c1-2-15(18)16(20)19-12-4-3-5-14(10-12)22(21)13-8-6-11(17)7-9-13/h3-10,15H,2,18H2,1H3,(H,19,20). The third-order valence-electron chi connectivity index (χ3n) is 3.12. The normalized spacial score (nSPS) is 13.4. The van der Waals surface area contributed by atoms with Crippen LogP contribution >= 0.6 is 15.9 Å². The molecule has 2 aromatic rings. The molecule has 0 aliphatic rings. The van der Waals surface area contributed by atoms with E-state index in [4.69, 9.17) is 5.73 Å². The summed E-state index contributed by atoms with van der Waals surface area (Å²) in [5, 5.41) is 2.74. The van der Waals surface area contributed by atoms with E-state index in [1.807, 2.05) is 19.1 Å². The van der Waals surface area contributed by atoms with Gasteiger partial charge in [-0.1, -0.05) is 28.9 Å². The Morgan fingerprint density at radius 3 is 2.55 bits per heavy atom. The first-order valence-electron chi connectivity index (χ1n) is 6.85. The summed E-state index contributed by atoms with van der Waals surface area (Å²) in [5.74, 6) is -0.242. The Hall–Kier alpha value is -1.50. The zero-order valence-electron chi connectivity index (χ0n) is 12.1. The van der Waals surface area contributed by atoms with Crippen LogP contribution in [0.2, 0.25) is 0 Å². The van der Waals surface area contributed by atoms with E-state index in [9.17, 15) is 9.00 Å². The average Bonchev–Trinajstić information content (AvgIpc) is 2.54.